The van der Waals surface area contributed by atoms with Gasteiger partial charge >= 0.3 is 0 Å². The Labute approximate surface area is 138 Å². The average molecular weight is 311 g/mol. The fourth-order valence-electron chi connectivity index (χ4n) is 2.96. The number of ether oxygens (including phenoxy) is 1. The topological polar surface area (TPSA) is 32.7 Å². The van der Waals surface area contributed by atoms with Gasteiger partial charge in [-0.05, 0) is 36.1 Å². The van der Waals surface area contributed by atoms with Crippen molar-refractivity contribution < 1.29 is 9.84 Å². The second kappa shape index (κ2) is 8.14. The summed E-state index contributed by atoms with van der Waals surface area (Å²) in [6.07, 6.45) is 2.60. The Hall–Kier alpha value is -1.84. The van der Waals surface area contributed by atoms with Gasteiger partial charge in [0.15, 0.2) is 0 Å². The molecule has 3 rings (SSSR count). The highest BCUT2D eigenvalue weighted by Crippen LogP contribution is 2.17. The molecule has 122 valence electrons. The van der Waals surface area contributed by atoms with E-state index in [0.717, 1.165) is 44.6 Å². The molecule has 1 N–H and O–H groups in total. The van der Waals surface area contributed by atoms with Gasteiger partial charge in [0.25, 0.3) is 0 Å². The lowest BCUT2D eigenvalue weighted by Crippen LogP contribution is -2.35. The SMILES string of the molecule is OC1CCN(Cc2ccc(OCCc3ccccc3)cc2)CC1. The van der Waals surface area contributed by atoms with Crippen molar-refractivity contribution in [2.45, 2.75) is 31.9 Å². The predicted octanol–water partition coefficient (Wildman–Crippen LogP) is 3.26. The van der Waals surface area contributed by atoms with Gasteiger partial charge in [-0.3, -0.25) is 4.90 Å². The number of likely N-dealkylation sites (tertiary alicyclic amines) is 1. The minimum atomic E-state index is -0.105. The molecule has 2 aromatic carbocycles. The van der Waals surface area contributed by atoms with Gasteiger partial charge in [0.1, 0.15) is 5.75 Å². The molecule has 0 amide bonds. The summed E-state index contributed by atoms with van der Waals surface area (Å²) >= 11 is 0. The maximum Gasteiger partial charge on any atom is 0.119 e. The van der Waals surface area contributed by atoms with E-state index in [-0.39, 0.29) is 6.10 Å². The molecule has 3 heteroatoms. The number of hydrogen-bond acceptors (Lipinski definition) is 3. The van der Waals surface area contributed by atoms with E-state index >= 15 is 0 Å². The van der Waals surface area contributed by atoms with Crippen LogP contribution < -0.4 is 4.74 Å². The average Bonchev–Trinajstić information content (AvgIpc) is 2.59. The van der Waals surface area contributed by atoms with Crippen molar-refractivity contribution in [2.24, 2.45) is 0 Å². The zero-order chi connectivity index (χ0) is 15.9. The Morgan fingerprint density at radius 2 is 1.61 bits per heavy atom. The van der Waals surface area contributed by atoms with Crippen molar-refractivity contribution >= 4 is 0 Å². The van der Waals surface area contributed by atoms with Crippen molar-refractivity contribution in [2.75, 3.05) is 19.7 Å². The predicted molar refractivity (Wildman–Crippen MR) is 92.6 cm³/mol. The maximum atomic E-state index is 9.55. The molecule has 0 atom stereocenters. The second-order valence-corrected chi connectivity index (χ2v) is 6.24. The summed E-state index contributed by atoms with van der Waals surface area (Å²) in [6, 6.07) is 18.8. The molecule has 1 saturated heterocycles. The quantitative estimate of drug-likeness (QED) is 0.889. The Morgan fingerprint density at radius 3 is 2.30 bits per heavy atom. The van der Waals surface area contributed by atoms with E-state index < -0.39 is 0 Å². The van der Waals surface area contributed by atoms with Crippen molar-refractivity contribution in [3.05, 3.63) is 65.7 Å². The number of rotatable bonds is 6. The van der Waals surface area contributed by atoms with Gasteiger partial charge in [0, 0.05) is 26.1 Å². The van der Waals surface area contributed by atoms with Gasteiger partial charge in [-0.2, -0.15) is 0 Å². The molecule has 0 bridgehead atoms. The summed E-state index contributed by atoms with van der Waals surface area (Å²) < 4.78 is 5.82. The van der Waals surface area contributed by atoms with Crippen LogP contribution in [0, 0.1) is 0 Å². The molecule has 1 aliphatic heterocycles. The molecule has 23 heavy (non-hydrogen) atoms. The van der Waals surface area contributed by atoms with Crippen LogP contribution in [-0.4, -0.2) is 35.8 Å². The normalized spacial score (nSPS) is 16.4. The molecule has 0 spiro atoms. The number of hydrogen-bond donors (Lipinski definition) is 1. The summed E-state index contributed by atoms with van der Waals surface area (Å²) in [4.78, 5) is 2.40. The van der Waals surface area contributed by atoms with Gasteiger partial charge < -0.3 is 9.84 Å². The molecule has 0 aromatic heterocycles. The molecule has 2 aromatic rings. The minimum absolute atomic E-state index is 0.105. The van der Waals surface area contributed by atoms with Crippen LogP contribution in [-0.2, 0) is 13.0 Å². The highest BCUT2D eigenvalue weighted by molar-refractivity contribution is 5.27. The fraction of sp³-hybridized carbons (Fsp3) is 0.400. The third-order valence-corrected chi connectivity index (χ3v) is 4.39. The standard InChI is InChI=1S/C20H25NO2/c22-19-10-13-21(14-11-19)16-18-6-8-20(9-7-18)23-15-12-17-4-2-1-3-5-17/h1-9,19,22H,10-16H2. The van der Waals surface area contributed by atoms with E-state index in [1.165, 1.54) is 11.1 Å². The highest BCUT2D eigenvalue weighted by atomic mass is 16.5. The Morgan fingerprint density at radius 1 is 0.913 bits per heavy atom. The molecule has 0 radical (unpaired) electrons. The van der Waals surface area contributed by atoms with E-state index in [0.29, 0.717) is 6.61 Å². The Balaban J connectivity index is 1.43. The molecular weight excluding hydrogens is 286 g/mol. The largest absolute Gasteiger partial charge is 0.493 e. The number of aliphatic hydroxyl groups excluding tert-OH is 1. The molecule has 0 aliphatic carbocycles. The summed E-state index contributed by atoms with van der Waals surface area (Å²) in [6.45, 7) is 3.62. The van der Waals surface area contributed by atoms with E-state index in [1.807, 2.05) is 6.07 Å². The molecular formula is C20H25NO2. The number of benzene rings is 2. The van der Waals surface area contributed by atoms with Gasteiger partial charge in [-0.25, -0.2) is 0 Å². The minimum Gasteiger partial charge on any atom is -0.493 e. The lowest BCUT2D eigenvalue weighted by Gasteiger charge is -2.29. The molecule has 0 saturated carbocycles. The summed E-state index contributed by atoms with van der Waals surface area (Å²) in [5, 5.41) is 9.55. The van der Waals surface area contributed by atoms with Crippen molar-refractivity contribution in [3.8, 4) is 5.75 Å². The van der Waals surface area contributed by atoms with Gasteiger partial charge in [-0.1, -0.05) is 42.5 Å². The van der Waals surface area contributed by atoms with Crippen LogP contribution >= 0.6 is 0 Å². The molecule has 0 unspecified atom stereocenters. The molecule has 1 fully saturated rings. The smallest absolute Gasteiger partial charge is 0.119 e. The van der Waals surface area contributed by atoms with Crippen LogP contribution in [0.1, 0.15) is 24.0 Å². The lowest BCUT2D eigenvalue weighted by atomic mass is 10.1. The summed E-state index contributed by atoms with van der Waals surface area (Å²) in [7, 11) is 0. The monoisotopic (exact) mass is 311 g/mol. The zero-order valence-corrected chi connectivity index (χ0v) is 13.5. The van der Waals surface area contributed by atoms with Crippen molar-refractivity contribution in [1.29, 1.82) is 0 Å². The van der Waals surface area contributed by atoms with Crippen molar-refractivity contribution in [1.82, 2.24) is 4.90 Å². The van der Waals surface area contributed by atoms with Crippen LogP contribution in [0.25, 0.3) is 0 Å². The lowest BCUT2D eigenvalue weighted by molar-refractivity contribution is 0.0792. The summed E-state index contributed by atoms with van der Waals surface area (Å²) in [5.74, 6) is 0.929. The van der Waals surface area contributed by atoms with Crippen LogP contribution in [0.15, 0.2) is 54.6 Å². The summed E-state index contributed by atoms with van der Waals surface area (Å²) in [5.41, 5.74) is 2.60. The first-order chi connectivity index (χ1) is 11.3. The highest BCUT2D eigenvalue weighted by Gasteiger charge is 2.16. The third kappa shape index (κ3) is 5.08. The van der Waals surface area contributed by atoms with Gasteiger partial charge in [0.2, 0.25) is 0 Å². The van der Waals surface area contributed by atoms with E-state index in [1.54, 1.807) is 0 Å². The van der Waals surface area contributed by atoms with Crippen LogP contribution in [0.4, 0.5) is 0 Å². The number of aliphatic hydroxyl groups is 1. The van der Waals surface area contributed by atoms with Gasteiger partial charge in [0.05, 0.1) is 12.7 Å². The number of nitrogens with zero attached hydrogens (tertiary/aromatic N) is 1. The zero-order valence-electron chi connectivity index (χ0n) is 13.5. The van der Waals surface area contributed by atoms with Crippen LogP contribution in [0.2, 0.25) is 0 Å². The number of piperidine rings is 1. The fourth-order valence-corrected chi connectivity index (χ4v) is 2.96. The maximum absolute atomic E-state index is 9.55. The van der Waals surface area contributed by atoms with Gasteiger partial charge in [-0.15, -0.1) is 0 Å². The second-order valence-electron chi connectivity index (χ2n) is 6.24. The third-order valence-electron chi connectivity index (χ3n) is 4.39. The van der Waals surface area contributed by atoms with Crippen molar-refractivity contribution in [3.63, 3.8) is 0 Å². The Bertz CT molecular complexity index is 574. The van der Waals surface area contributed by atoms with Crippen LogP contribution in [0.3, 0.4) is 0 Å². The van der Waals surface area contributed by atoms with Crippen LogP contribution in [0.5, 0.6) is 5.75 Å². The molecule has 1 heterocycles. The molecule has 1 aliphatic rings. The first-order valence-corrected chi connectivity index (χ1v) is 8.46. The van der Waals surface area contributed by atoms with E-state index in [4.69, 9.17) is 4.74 Å². The van der Waals surface area contributed by atoms with E-state index in [9.17, 15) is 5.11 Å². The Kier molecular flexibility index (Phi) is 5.67. The first kappa shape index (κ1) is 16.0. The first-order valence-electron chi connectivity index (χ1n) is 8.46. The van der Waals surface area contributed by atoms with E-state index in [2.05, 4.69) is 53.4 Å². The molecule has 3 nitrogen and oxygen atoms in total.